The Balaban J connectivity index is 1.86. The van der Waals surface area contributed by atoms with Gasteiger partial charge in [-0.2, -0.15) is 0 Å². The van der Waals surface area contributed by atoms with E-state index in [1.807, 2.05) is 24.3 Å². The first-order valence-corrected chi connectivity index (χ1v) is 8.49. The van der Waals surface area contributed by atoms with Crippen molar-refractivity contribution in [3.05, 3.63) is 34.9 Å². The molecule has 128 valence electrons. The molecular weight excluding hydrogens is 310 g/mol. The van der Waals surface area contributed by atoms with Gasteiger partial charge in [0.15, 0.2) is 5.96 Å². The number of hydrogen-bond acceptors (Lipinski definition) is 3. The number of benzene rings is 1. The third-order valence-electron chi connectivity index (χ3n) is 4.43. The van der Waals surface area contributed by atoms with E-state index in [0.717, 1.165) is 37.2 Å². The highest BCUT2D eigenvalue weighted by Crippen LogP contribution is 2.15. The lowest BCUT2D eigenvalue weighted by atomic mass is 10.1. The van der Waals surface area contributed by atoms with E-state index in [4.69, 9.17) is 11.6 Å². The van der Waals surface area contributed by atoms with E-state index < -0.39 is 0 Å². The molecule has 23 heavy (non-hydrogen) atoms. The first-order chi connectivity index (χ1) is 11.0. The molecule has 0 bridgehead atoms. The molecule has 0 aliphatic carbocycles. The first kappa shape index (κ1) is 18.0. The summed E-state index contributed by atoms with van der Waals surface area (Å²) in [6, 6.07) is 8.58. The van der Waals surface area contributed by atoms with Crippen LogP contribution in [0.3, 0.4) is 0 Å². The van der Waals surface area contributed by atoms with Crippen LogP contribution in [-0.4, -0.2) is 69.1 Å². The molecule has 2 unspecified atom stereocenters. The summed E-state index contributed by atoms with van der Waals surface area (Å²) in [6.45, 7) is 6.32. The number of hydrogen-bond donors (Lipinski definition) is 2. The SMILES string of the molecule is CN=C(NCC1CN(C)CCN1C)NC(C)c1ccc(Cl)cc1. The fraction of sp³-hybridized carbons (Fsp3) is 0.588. The van der Waals surface area contributed by atoms with Crippen molar-refractivity contribution in [3.63, 3.8) is 0 Å². The van der Waals surface area contributed by atoms with Crippen molar-refractivity contribution in [1.82, 2.24) is 20.4 Å². The summed E-state index contributed by atoms with van der Waals surface area (Å²) < 4.78 is 0. The summed E-state index contributed by atoms with van der Waals surface area (Å²) >= 11 is 5.95. The van der Waals surface area contributed by atoms with Gasteiger partial charge < -0.3 is 15.5 Å². The van der Waals surface area contributed by atoms with Crippen molar-refractivity contribution in [1.29, 1.82) is 0 Å². The van der Waals surface area contributed by atoms with E-state index in [1.165, 1.54) is 5.56 Å². The Kier molecular flexibility index (Phi) is 6.69. The molecule has 0 aromatic heterocycles. The number of nitrogens with one attached hydrogen (secondary N) is 2. The molecule has 1 saturated heterocycles. The Morgan fingerprint density at radius 2 is 2.00 bits per heavy atom. The summed E-state index contributed by atoms with van der Waals surface area (Å²) in [4.78, 5) is 9.12. The molecule has 2 atom stereocenters. The van der Waals surface area contributed by atoms with E-state index in [0.29, 0.717) is 6.04 Å². The van der Waals surface area contributed by atoms with Gasteiger partial charge in [0, 0.05) is 44.3 Å². The van der Waals surface area contributed by atoms with Crippen LogP contribution in [-0.2, 0) is 0 Å². The van der Waals surface area contributed by atoms with Crippen molar-refractivity contribution in [2.24, 2.45) is 4.99 Å². The van der Waals surface area contributed by atoms with Crippen LogP contribution in [0.1, 0.15) is 18.5 Å². The van der Waals surface area contributed by atoms with Crippen LogP contribution < -0.4 is 10.6 Å². The number of rotatable bonds is 4. The highest BCUT2D eigenvalue weighted by molar-refractivity contribution is 6.30. The minimum absolute atomic E-state index is 0.172. The van der Waals surface area contributed by atoms with E-state index in [-0.39, 0.29) is 6.04 Å². The van der Waals surface area contributed by atoms with Gasteiger partial charge in [-0.1, -0.05) is 23.7 Å². The number of aliphatic imine (C=N–C) groups is 1. The number of likely N-dealkylation sites (N-methyl/N-ethyl adjacent to an activating group) is 2. The van der Waals surface area contributed by atoms with E-state index in [1.54, 1.807) is 7.05 Å². The van der Waals surface area contributed by atoms with Crippen LogP contribution in [0, 0.1) is 0 Å². The molecule has 1 aliphatic rings. The standard InChI is InChI=1S/C17H28ClN5/c1-13(14-5-7-15(18)8-6-14)21-17(19-2)20-11-16-12-22(3)9-10-23(16)4/h5-8,13,16H,9-12H2,1-4H3,(H2,19,20,21). The summed E-state index contributed by atoms with van der Waals surface area (Å²) in [5.74, 6) is 0.828. The summed E-state index contributed by atoms with van der Waals surface area (Å²) in [6.07, 6.45) is 0. The largest absolute Gasteiger partial charge is 0.355 e. The molecule has 1 fully saturated rings. The number of guanidine groups is 1. The highest BCUT2D eigenvalue weighted by Gasteiger charge is 2.22. The monoisotopic (exact) mass is 337 g/mol. The van der Waals surface area contributed by atoms with E-state index in [2.05, 4.69) is 46.4 Å². The summed E-state index contributed by atoms with van der Waals surface area (Å²) in [7, 11) is 6.17. The number of nitrogens with zero attached hydrogens (tertiary/aromatic N) is 3. The zero-order chi connectivity index (χ0) is 16.8. The molecule has 0 spiro atoms. The second-order valence-corrected chi connectivity index (χ2v) is 6.70. The van der Waals surface area contributed by atoms with E-state index in [9.17, 15) is 0 Å². The van der Waals surface area contributed by atoms with Gasteiger partial charge in [-0.25, -0.2) is 0 Å². The molecule has 2 rings (SSSR count). The van der Waals surface area contributed by atoms with Crippen LogP contribution in [0.5, 0.6) is 0 Å². The highest BCUT2D eigenvalue weighted by atomic mass is 35.5. The van der Waals surface area contributed by atoms with Crippen LogP contribution in [0.4, 0.5) is 0 Å². The average Bonchev–Trinajstić information content (AvgIpc) is 2.54. The fourth-order valence-corrected chi connectivity index (χ4v) is 2.90. The van der Waals surface area contributed by atoms with Crippen molar-refractivity contribution in [2.45, 2.75) is 19.0 Å². The zero-order valence-corrected chi connectivity index (χ0v) is 15.3. The lowest BCUT2D eigenvalue weighted by molar-refractivity contribution is 0.116. The molecule has 0 saturated carbocycles. The van der Waals surface area contributed by atoms with Gasteiger partial charge in [0.25, 0.3) is 0 Å². The predicted molar refractivity (Wildman–Crippen MR) is 98.3 cm³/mol. The topological polar surface area (TPSA) is 42.9 Å². The van der Waals surface area contributed by atoms with Gasteiger partial charge in [-0.05, 0) is 38.7 Å². The van der Waals surface area contributed by atoms with Crippen LogP contribution >= 0.6 is 11.6 Å². The average molecular weight is 338 g/mol. The van der Waals surface area contributed by atoms with Gasteiger partial charge in [0.2, 0.25) is 0 Å². The zero-order valence-electron chi connectivity index (χ0n) is 14.5. The van der Waals surface area contributed by atoms with Crippen molar-refractivity contribution < 1.29 is 0 Å². The van der Waals surface area contributed by atoms with Gasteiger partial charge in [-0.15, -0.1) is 0 Å². The second-order valence-electron chi connectivity index (χ2n) is 6.27. The lowest BCUT2D eigenvalue weighted by Crippen LogP contribution is -2.55. The smallest absolute Gasteiger partial charge is 0.191 e. The van der Waals surface area contributed by atoms with Crippen molar-refractivity contribution >= 4 is 17.6 Å². The first-order valence-electron chi connectivity index (χ1n) is 8.11. The maximum atomic E-state index is 5.95. The van der Waals surface area contributed by atoms with Crippen LogP contribution in [0.25, 0.3) is 0 Å². The number of halogens is 1. The minimum atomic E-state index is 0.172. The van der Waals surface area contributed by atoms with Crippen molar-refractivity contribution in [2.75, 3.05) is 47.3 Å². The van der Waals surface area contributed by atoms with Crippen LogP contribution in [0.2, 0.25) is 5.02 Å². The molecule has 1 aliphatic heterocycles. The molecule has 1 heterocycles. The summed E-state index contributed by atoms with van der Waals surface area (Å²) in [5.41, 5.74) is 1.19. The van der Waals surface area contributed by atoms with Crippen molar-refractivity contribution in [3.8, 4) is 0 Å². The molecule has 5 nitrogen and oxygen atoms in total. The van der Waals surface area contributed by atoms with Gasteiger partial charge in [0.1, 0.15) is 0 Å². The Labute approximate surface area is 144 Å². The summed E-state index contributed by atoms with van der Waals surface area (Å²) in [5, 5.41) is 7.64. The predicted octanol–water partition coefficient (Wildman–Crippen LogP) is 1.81. The molecular formula is C17H28ClN5. The molecule has 6 heteroatoms. The Morgan fingerprint density at radius 1 is 1.30 bits per heavy atom. The third-order valence-corrected chi connectivity index (χ3v) is 4.68. The fourth-order valence-electron chi connectivity index (χ4n) is 2.77. The Bertz CT molecular complexity index is 516. The normalized spacial score (nSPS) is 22.0. The second kappa shape index (κ2) is 8.52. The molecule has 2 N–H and O–H groups in total. The van der Waals surface area contributed by atoms with E-state index >= 15 is 0 Å². The molecule has 1 aromatic carbocycles. The molecule has 0 amide bonds. The van der Waals surface area contributed by atoms with Gasteiger partial charge >= 0.3 is 0 Å². The van der Waals surface area contributed by atoms with Gasteiger partial charge in [-0.3, -0.25) is 9.89 Å². The third kappa shape index (κ3) is 5.37. The minimum Gasteiger partial charge on any atom is -0.355 e. The number of piperazine rings is 1. The quantitative estimate of drug-likeness (QED) is 0.649. The van der Waals surface area contributed by atoms with Gasteiger partial charge in [0.05, 0.1) is 6.04 Å². The molecule has 0 radical (unpaired) electrons. The van der Waals surface area contributed by atoms with Crippen LogP contribution in [0.15, 0.2) is 29.3 Å². The molecule has 1 aromatic rings. The lowest BCUT2D eigenvalue weighted by Gasteiger charge is -2.38. The Morgan fingerprint density at radius 3 is 2.65 bits per heavy atom. The maximum absolute atomic E-state index is 5.95. The Hall–Kier alpha value is -1.30. The maximum Gasteiger partial charge on any atom is 0.191 e.